The van der Waals surface area contributed by atoms with E-state index in [1.165, 1.54) is 23.5 Å². The van der Waals surface area contributed by atoms with Gasteiger partial charge in [-0.3, -0.25) is 14.5 Å². The molecule has 5 nitrogen and oxygen atoms in total. The van der Waals surface area contributed by atoms with Crippen LogP contribution in [0.5, 0.6) is 0 Å². The largest absolute Gasteiger partial charge is 0.480 e. The zero-order chi connectivity index (χ0) is 18.7. The van der Waals surface area contributed by atoms with E-state index in [1.54, 1.807) is 6.07 Å². The molecule has 1 heterocycles. The number of hydrogen-bond acceptors (Lipinski definition) is 3. The summed E-state index contributed by atoms with van der Waals surface area (Å²) in [5.41, 5.74) is 2.34. The third-order valence-corrected chi connectivity index (χ3v) is 5.71. The Morgan fingerprint density at radius 3 is 2.77 bits per heavy atom. The molecule has 0 saturated carbocycles. The number of benzene rings is 1. The van der Waals surface area contributed by atoms with Gasteiger partial charge >= 0.3 is 5.97 Å². The quantitative estimate of drug-likeness (QED) is 0.894. The van der Waals surface area contributed by atoms with Crippen molar-refractivity contribution >= 4 is 11.9 Å². The van der Waals surface area contributed by atoms with E-state index in [0.29, 0.717) is 0 Å². The third-order valence-electron chi connectivity index (χ3n) is 5.71. The summed E-state index contributed by atoms with van der Waals surface area (Å²) in [5, 5.41) is 9.09. The second-order valence-electron chi connectivity index (χ2n) is 7.41. The molecule has 3 rings (SSSR count). The lowest BCUT2D eigenvalue weighted by Gasteiger charge is -2.35. The zero-order valence-electron chi connectivity index (χ0n) is 15.3. The van der Waals surface area contributed by atoms with Gasteiger partial charge in [0.15, 0.2) is 0 Å². The van der Waals surface area contributed by atoms with Crippen LogP contribution in [0.3, 0.4) is 0 Å². The van der Waals surface area contributed by atoms with Gasteiger partial charge < -0.3 is 10.0 Å². The van der Waals surface area contributed by atoms with E-state index in [9.17, 15) is 14.0 Å². The number of nitrogens with zero attached hydrogens (tertiary/aromatic N) is 2. The van der Waals surface area contributed by atoms with E-state index < -0.39 is 5.97 Å². The summed E-state index contributed by atoms with van der Waals surface area (Å²) in [4.78, 5) is 26.9. The number of likely N-dealkylation sites (tertiary alicyclic amines) is 1. The number of rotatable bonds is 4. The minimum Gasteiger partial charge on any atom is -0.480 e. The number of carboxylic acid groups (broad SMARTS) is 1. The van der Waals surface area contributed by atoms with Gasteiger partial charge in [0.1, 0.15) is 12.4 Å². The van der Waals surface area contributed by atoms with Crippen LogP contribution >= 0.6 is 0 Å². The number of aryl methyl sites for hydroxylation is 1. The summed E-state index contributed by atoms with van der Waals surface area (Å²) < 4.78 is 13.8. The highest BCUT2D eigenvalue weighted by molar-refractivity contribution is 5.79. The number of hydrogen-bond donors (Lipinski definition) is 1. The van der Waals surface area contributed by atoms with Crippen LogP contribution in [0.2, 0.25) is 0 Å². The third kappa shape index (κ3) is 4.23. The summed E-state index contributed by atoms with van der Waals surface area (Å²) in [5.74, 6) is -1.35. The summed E-state index contributed by atoms with van der Waals surface area (Å²) in [6.07, 6.45) is 5.60. The number of carboxylic acids is 1. The van der Waals surface area contributed by atoms with Crippen molar-refractivity contribution in [3.05, 3.63) is 35.1 Å². The molecule has 0 bridgehead atoms. The molecule has 0 radical (unpaired) electrons. The van der Waals surface area contributed by atoms with Crippen molar-refractivity contribution in [3.63, 3.8) is 0 Å². The van der Waals surface area contributed by atoms with E-state index in [4.69, 9.17) is 5.11 Å². The van der Waals surface area contributed by atoms with Gasteiger partial charge in [0, 0.05) is 25.6 Å². The fraction of sp³-hybridized carbons (Fsp3) is 0.600. The van der Waals surface area contributed by atoms with Crippen molar-refractivity contribution in [1.29, 1.82) is 0 Å². The first kappa shape index (κ1) is 18.8. The molecule has 0 spiro atoms. The molecule has 1 N–H and O–H groups in total. The van der Waals surface area contributed by atoms with E-state index in [2.05, 4.69) is 4.90 Å². The van der Waals surface area contributed by atoms with Gasteiger partial charge in [-0.25, -0.2) is 4.39 Å². The van der Waals surface area contributed by atoms with Gasteiger partial charge in [-0.2, -0.15) is 0 Å². The number of fused-ring (bicyclic) bond motifs is 1. The molecule has 1 aliphatic heterocycles. The number of carbonyl (C=O) groups excluding carboxylic acids is 1. The summed E-state index contributed by atoms with van der Waals surface area (Å²) >= 11 is 0. The van der Waals surface area contributed by atoms with Gasteiger partial charge in [0.2, 0.25) is 5.91 Å². The Labute approximate surface area is 153 Å². The molecule has 142 valence electrons. The highest BCUT2D eigenvalue weighted by Gasteiger charge is 2.31. The maximum atomic E-state index is 13.8. The van der Waals surface area contributed by atoms with Gasteiger partial charge in [0.25, 0.3) is 0 Å². The summed E-state index contributed by atoms with van der Waals surface area (Å²) in [6, 6.07) is 5.30. The molecule has 2 unspecified atom stereocenters. The van der Waals surface area contributed by atoms with E-state index in [1.807, 2.05) is 6.07 Å². The van der Waals surface area contributed by atoms with Crippen molar-refractivity contribution in [2.45, 2.75) is 57.5 Å². The monoisotopic (exact) mass is 362 g/mol. The van der Waals surface area contributed by atoms with Crippen molar-refractivity contribution < 1.29 is 19.1 Å². The van der Waals surface area contributed by atoms with Crippen molar-refractivity contribution in [3.8, 4) is 0 Å². The Balaban J connectivity index is 1.72. The maximum absolute atomic E-state index is 13.8. The summed E-state index contributed by atoms with van der Waals surface area (Å²) in [6.45, 7) is 2.90. The van der Waals surface area contributed by atoms with Crippen LogP contribution in [0, 0.1) is 5.82 Å². The molecule has 1 aromatic carbocycles. The van der Waals surface area contributed by atoms with Crippen molar-refractivity contribution in [1.82, 2.24) is 9.80 Å². The first-order chi connectivity index (χ1) is 12.5. The Morgan fingerprint density at radius 1 is 1.23 bits per heavy atom. The number of amides is 1. The lowest BCUT2D eigenvalue weighted by molar-refractivity contribution is -0.145. The zero-order valence-corrected chi connectivity index (χ0v) is 15.3. The SMILES string of the molecule is CC(=O)N(CC(=O)O)C1CCCN(C2CCCc3ccc(F)cc32)CC1. The molecule has 1 aromatic rings. The first-order valence-corrected chi connectivity index (χ1v) is 9.47. The molecule has 1 fully saturated rings. The summed E-state index contributed by atoms with van der Waals surface area (Å²) in [7, 11) is 0. The average Bonchev–Trinajstić information content (AvgIpc) is 2.84. The predicted octanol–water partition coefficient (Wildman–Crippen LogP) is 2.99. The standard InChI is InChI=1S/C20H27FN2O3/c1-14(24)23(13-20(25)26)17-5-3-10-22(11-9-17)19-6-2-4-15-7-8-16(21)12-18(15)19/h7-8,12,17,19H,2-6,9-11,13H2,1H3,(H,25,26). The topological polar surface area (TPSA) is 60.9 Å². The second kappa shape index (κ2) is 8.16. The molecule has 2 aliphatic rings. The van der Waals surface area contributed by atoms with Crippen LogP contribution < -0.4 is 0 Å². The predicted molar refractivity (Wildman–Crippen MR) is 96.3 cm³/mol. The smallest absolute Gasteiger partial charge is 0.323 e. The Kier molecular flexibility index (Phi) is 5.91. The molecule has 6 heteroatoms. The fourth-order valence-electron chi connectivity index (χ4n) is 4.49. The molecule has 26 heavy (non-hydrogen) atoms. The van der Waals surface area contributed by atoms with Crippen LogP contribution in [0.25, 0.3) is 0 Å². The van der Waals surface area contributed by atoms with E-state index in [0.717, 1.165) is 57.2 Å². The van der Waals surface area contributed by atoms with Crippen molar-refractivity contribution in [2.75, 3.05) is 19.6 Å². The van der Waals surface area contributed by atoms with Crippen LogP contribution in [0.1, 0.15) is 56.2 Å². The normalized spacial score (nSPS) is 23.8. The van der Waals surface area contributed by atoms with Crippen molar-refractivity contribution in [2.24, 2.45) is 0 Å². The molecule has 1 saturated heterocycles. The Morgan fingerprint density at radius 2 is 2.04 bits per heavy atom. The van der Waals surface area contributed by atoms with Crippen LogP contribution in [-0.2, 0) is 16.0 Å². The fourth-order valence-corrected chi connectivity index (χ4v) is 4.49. The average molecular weight is 362 g/mol. The van der Waals surface area contributed by atoms with E-state index in [-0.39, 0.29) is 30.4 Å². The first-order valence-electron chi connectivity index (χ1n) is 9.47. The van der Waals surface area contributed by atoms with Crippen LogP contribution in [0.15, 0.2) is 18.2 Å². The van der Waals surface area contributed by atoms with E-state index >= 15 is 0 Å². The Hall–Kier alpha value is -1.95. The number of halogens is 1. The maximum Gasteiger partial charge on any atom is 0.323 e. The molecule has 2 atom stereocenters. The molecule has 0 aromatic heterocycles. The highest BCUT2D eigenvalue weighted by atomic mass is 19.1. The molecule has 1 amide bonds. The Bertz CT molecular complexity index is 679. The molecular formula is C20H27FN2O3. The lowest BCUT2D eigenvalue weighted by Crippen LogP contribution is -2.43. The number of carbonyl (C=O) groups is 2. The highest BCUT2D eigenvalue weighted by Crippen LogP contribution is 2.36. The lowest BCUT2D eigenvalue weighted by atomic mass is 9.86. The molecule has 1 aliphatic carbocycles. The minimum absolute atomic E-state index is 0.0378. The van der Waals surface area contributed by atoms with Crippen LogP contribution in [-0.4, -0.2) is 52.5 Å². The van der Waals surface area contributed by atoms with Crippen LogP contribution in [0.4, 0.5) is 4.39 Å². The van der Waals surface area contributed by atoms with Gasteiger partial charge in [-0.15, -0.1) is 0 Å². The second-order valence-corrected chi connectivity index (χ2v) is 7.41. The van der Waals surface area contributed by atoms with Gasteiger partial charge in [-0.1, -0.05) is 6.07 Å². The molecular weight excluding hydrogens is 335 g/mol. The minimum atomic E-state index is -0.974. The van der Waals surface area contributed by atoms with Gasteiger partial charge in [0.05, 0.1) is 0 Å². The van der Waals surface area contributed by atoms with Gasteiger partial charge in [-0.05, 0) is 68.3 Å². The number of aliphatic carboxylic acids is 1.